The minimum absolute atomic E-state index is 0.173. The van der Waals surface area contributed by atoms with Crippen LogP contribution in [0.15, 0.2) is 0 Å². The van der Waals surface area contributed by atoms with Gasteiger partial charge in [-0.25, -0.2) is 0 Å². The topological polar surface area (TPSA) is 29.1 Å². The van der Waals surface area contributed by atoms with Gasteiger partial charge in [0.1, 0.15) is 0 Å². The summed E-state index contributed by atoms with van der Waals surface area (Å²) >= 11 is 6.10. The molecule has 0 saturated heterocycles. The van der Waals surface area contributed by atoms with Gasteiger partial charge >= 0.3 is 0 Å². The molecule has 0 bridgehead atoms. The molecule has 0 aromatic rings. The highest BCUT2D eigenvalue weighted by atomic mass is 35.5. The number of amides is 1. The average Bonchev–Trinajstić information content (AvgIpc) is 2.31. The van der Waals surface area contributed by atoms with Crippen molar-refractivity contribution in [2.75, 3.05) is 0 Å². The van der Waals surface area contributed by atoms with Gasteiger partial charge in [0, 0.05) is 17.3 Å². The quantitative estimate of drug-likeness (QED) is 0.759. The molecule has 0 radical (unpaired) electrons. The maximum absolute atomic E-state index is 12.4. The standard InChI is InChI=1S/C15H26ClNO/c1-15(2)10-4-3-5-13(15)14(18)17-12-8-6-11(16)7-9-12/h11-13H,3-10H2,1-2H3,(H,17,18). The molecule has 2 saturated carbocycles. The lowest BCUT2D eigenvalue weighted by atomic mass is 9.68. The molecule has 2 nitrogen and oxygen atoms in total. The lowest BCUT2D eigenvalue weighted by Gasteiger charge is -2.38. The van der Waals surface area contributed by atoms with E-state index in [4.69, 9.17) is 11.6 Å². The van der Waals surface area contributed by atoms with E-state index in [2.05, 4.69) is 19.2 Å². The van der Waals surface area contributed by atoms with Gasteiger partial charge in [-0.3, -0.25) is 4.79 Å². The third kappa shape index (κ3) is 3.40. The zero-order chi connectivity index (χ0) is 13.2. The minimum Gasteiger partial charge on any atom is -0.353 e. The fourth-order valence-corrected chi connectivity index (χ4v) is 3.73. The van der Waals surface area contributed by atoms with Crippen LogP contribution in [-0.2, 0) is 4.79 Å². The van der Waals surface area contributed by atoms with E-state index in [-0.39, 0.29) is 17.2 Å². The van der Waals surface area contributed by atoms with Crippen molar-refractivity contribution < 1.29 is 4.79 Å². The van der Waals surface area contributed by atoms with Crippen molar-refractivity contribution in [3.05, 3.63) is 0 Å². The lowest BCUT2D eigenvalue weighted by Crippen LogP contribution is -2.46. The molecular formula is C15H26ClNO. The Labute approximate surface area is 116 Å². The third-order valence-electron chi connectivity index (χ3n) is 4.83. The maximum atomic E-state index is 12.4. The second-order valence-corrected chi connectivity index (χ2v) is 7.36. The van der Waals surface area contributed by atoms with Gasteiger partial charge in [-0.05, 0) is 43.9 Å². The van der Waals surface area contributed by atoms with Crippen molar-refractivity contribution in [3.63, 3.8) is 0 Å². The highest BCUT2D eigenvalue weighted by Gasteiger charge is 2.37. The minimum atomic E-state index is 0.173. The van der Waals surface area contributed by atoms with Crippen molar-refractivity contribution in [1.82, 2.24) is 5.32 Å². The lowest BCUT2D eigenvalue weighted by molar-refractivity contribution is -0.131. The highest BCUT2D eigenvalue weighted by molar-refractivity contribution is 6.20. The monoisotopic (exact) mass is 271 g/mol. The second kappa shape index (κ2) is 5.81. The number of hydrogen-bond acceptors (Lipinski definition) is 1. The van der Waals surface area contributed by atoms with Crippen LogP contribution in [0.4, 0.5) is 0 Å². The van der Waals surface area contributed by atoms with E-state index >= 15 is 0 Å². The van der Waals surface area contributed by atoms with E-state index < -0.39 is 0 Å². The summed E-state index contributed by atoms with van der Waals surface area (Å²) < 4.78 is 0. The van der Waals surface area contributed by atoms with Crippen molar-refractivity contribution in [1.29, 1.82) is 0 Å². The van der Waals surface area contributed by atoms with Crippen LogP contribution in [0.1, 0.15) is 65.2 Å². The molecule has 18 heavy (non-hydrogen) atoms. The highest BCUT2D eigenvalue weighted by Crippen LogP contribution is 2.40. The molecule has 1 N–H and O–H groups in total. The van der Waals surface area contributed by atoms with Gasteiger partial charge in [0.05, 0.1) is 0 Å². The number of carbonyl (C=O) groups is 1. The molecule has 3 heteroatoms. The molecule has 2 fully saturated rings. The summed E-state index contributed by atoms with van der Waals surface area (Å²) in [6, 6.07) is 0.366. The predicted molar refractivity (Wildman–Crippen MR) is 75.8 cm³/mol. The van der Waals surface area contributed by atoms with E-state index in [1.54, 1.807) is 0 Å². The van der Waals surface area contributed by atoms with E-state index in [9.17, 15) is 4.79 Å². The molecule has 104 valence electrons. The second-order valence-electron chi connectivity index (χ2n) is 6.74. The van der Waals surface area contributed by atoms with E-state index in [0.717, 1.165) is 32.1 Å². The molecule has 2 rings (SSSR count). The largest absolute Gasteiger partial charge is 0.353 e. The van der Waals surface area contributed by atoms with E-state index in [1.165, 1.54) is 19.3 Å². The number of carbonyl (C=O) groups excluding carboxylic acids is 1. The van der Waals surface area contributed by atoms with Gasteiger partial charge in [-0.2, -0.15) is 0 Å². The first kappa shape index (κ1) is 14.2. The Morgan fingerprint density at radius 2 is 1.78 bits per heavy atom. The summed E-state index contributed by atoms with van der Waals surface area (Å²) in [7, 11) is 0. The van der Waals surface area contributed by atoms with Gasteiger partial charge < -0.3 is 5.32 Å². The van der Waals surface area contributed by atoms with Crippen molar-refractivity contribution in [2.45, 2.75) is 76.6 Å². The Kier molecular flexibility index (Phi) is 4.58. The first-order valence-corrected chi connectivity index (χ1v) is 7.87. The van der Waals surface area contributed by atoms with Gasteiger partial charge in [0.15, 0.2) is 0 Å². The first-order valence-electron chi connectivity index (χ1n) is 7.43. The molecule has 1 atom stereocenters. The van der Waals surface area contributed by atoms with Crippen molar-refractivity contribution in [3.8, 4) is 0 Å². The number of alkyl halides is 1. The number of rotatable bonds is 2. The zero-order valence-electron chi connectivity index (χ0n) is 11.7. The van der Waals surface area contributed by atoms with Crippen molar-refractivity contribution >= 4 is 17.5 Å². The Morgan fingerprint density at radius 3 is 2.39 bits per heavy atom. The van der Waals surface area contributed by atoms with Crippen LogP contribution in [0.5, 0.6) is 0 Å². The Hall–Kier alpha value is -0.240. The molecular weight excluding hydrogens is 246 g/mol. The maximum Gasteiger partial charge on any atom is 0.223 e. The Balaban J connectivity index is 1.87. The van der Waals surface area contributed by atoms with Crippen LogP contribution in [-0.4, -0.2) is 17.3 Å². The van der Waals surface area contributed by atoms with Crippen molar-refractivity contribution in [2.24, 2.45) is 11.3 Å². The number of nitrogens with one attached hydrogen (secondary N) is 1. The normalized spacial score (nSPS) is 36.1. The van der Waals surface area contributed by atoms with E-state index in [1.807, 2.05) is 0 Å². The van der Waals surface area contributed by atoms with Crippen LogP contribution in [0.3, 0.4) is 0 Å². The predicted octanol–water partition coefficient (Wildman–Crippen LogP) is 3.87. The summed E-state index contributed by atoms with van der Waals surface area (Å²) in [4.78, 5) is 12.4. The average molecular weight is 272 g/mol. The van der Waals surface area contributed by atoms with Crippen LogP contribution < -0.4 is 5.32 Å². The van der Waals surface area contributed by atoms with Gasteiger partial charge in [-0.15, -0.1) is 11.6 Å². The smallest absolute Gasteiger partial charge is 0.223 e. The molecule has 1 unspecified atom stereocenters. The molecule has 2 aliphatic carbocycles. The molecule has 0 aromatic carbocycles. The molecule has 1 amide bonds. The molecule has 0 aromatic heterocycles. The van der Waals surface area contributed by atoms with Gasteiger partial charge in [-0.1, -0.05) is 26.7 Å². The Morgan fingerprint density at radius 1 is 1.11 bits per heavy atom. The Bertz CT molecular complexity index is 295. The zero-order valence-corrected chi connectivity index (χ0v) is 12.4. The first-order chi connectivity index (χ1) is 8.49. The summed E-state index contributed by atoms with van der Waals surface area (Å²) in [5, 5.41) is 3.59. The van der Waals surface area contributed by atoms with Crippen LogP contribution in [0.25, 0.3) is 0 Å². The summed E-state index contributed by atoms with van der Waals surface area (Å²) in [6.07, 6.45) is 8.90. The molecule has 0 heterocycles. The van der Waals surface area contributed by atoms with Gasteiger partial charge in [0.2, 0.25) is 5.91 Å². The summed E-state index contributed by atoms with van der Waals surface area (Å²) in [6.45, 7) is 4.48. The van der Waals surface area contributed by atoms with Crippen LogP contribution in [0.2, 0.25) is 0 Å². The SMILES string of the molecule is CC1(C)CCCCC1C(=O)NC1CCC(Cl)CC1. The molecule has 2 aliphatic rings. The molecule has 0 spiro atoms. The summed E-state index contributed by atoms with van der Waals surface area (Å²) in [5.74, 6) is 0.498. The number of hydrogen-bond donors (Lipinski definition) is 1. The number of halogens is 1. The fraction of sp³-hybridized carbons (Fsp3) is 0.933. The van der Waals surface area contributed by atoms with E-state index in [0.29, 0.717) is 11.4 Å². The molecule has 0 aliphatic heterocycles. The third-order valence-corrected chi connectivity index (χ3v) is 5.26. The van der Waals surface area contributed by atoms with Crippen LogP contribution in [0, 0.1) is 11.3 Å². The fourth-order valence-electron chi connectivity index (χ4n) is 3.48. The summed E-state index contributed by atoms with van der Waals surface area (Å²) in [5.41, 5.74) is 0.173. The van der Waals surface area contributed by atoms with Crippen LogP contribution >= 0.6 is 11.6 Å². The van der Waals surface area contributed by atoms with Gasteiger partial charge in [0.25, 0.3) is 0 Å².